The summed E-state index contributed by atoms with van der Waals surface area (Å²) in [6.07, 6.45) is 7.41. The first-order chi connectivity index (χ1) is 11.0. The zero-order chi connectivity index (χ0) is 16.3. The number of morpholine rings is 1. The van der Waals surface area contributed by atoms with Gasteiger partial charge < -0.3 is 18.4 Å². The predicted octanol–water partition coefficient (Wildman–Crippen LogP) is 2.28. The second-order valence-electron chi connectivity index (χ2n) is 8.90. The molecule has 3 rings (SSSR count). The van der Waals surface area contributed by atoms with Gasteiger partial charge in [-0.3, -0.25) is 0 Å². The number of quaternary nitrogens is 2. The molecule has 3 fully saturated rings. The number of nitrogens with zero attached hydrogens (tertiary/aromatic N) is 2. The SMILES string of the molecule is C[C@@H](C[N+]1(C)CCOCC1)OC[C@@H]1CCC[N+]2(C)CCCC[C@@H]12. The predicted molar refractivity (Wildman–Crippen MR) is 93.3 cm³/mol. The molecule has 23 heavy (non-hydrogen) atoms. The summed E-state index contributed by atoms with van der Waals surface area (Å²) in [6.45, 7) is 11.3. The molecule has 3 aliphatic heterocycles. The van der Waals surface area contributed by atoms with Crippen LogP contribution in [0.4, 0.5) is 0 Å². The summed E-state index contributed by atoms with van der Waals surface area (Å²) in [5.41, 5.74) is 0. The molecular formula is C19H38N2O2+2. The van der Waals surface area contributed by atoms with Crippen LogP contribution < -0.4 is 0 Å². The summed E-state index contributed by atoms with van der Waals surface area (Å²) >= 11 is 0. The molecule has 0 aromatic carbocycles. The van der Waals surface area contributed by atoms with Crippen molar-refractivity contribution in [2.45, 2.75) is 51.2 Å². The van der Waals surface area contributed by atoms with Crippen molar-refractivity contribution in [3.8, 4) is 0 Å². The van der Waals surface area contributed by atoms with E-state index in [0.29, 0.717) is 6.10 Å². The maximum absolute atomic E-state index is 6.38. The first-order valence-electron chi connectivity index (χ1n) is 9.88. The third kappa shape index (κ3) is 4.28. The van der Waals surface area contributed by atoms with Crippen LogP contribution in [0.15, 0.2) is 0 Å². The molecule has 0 spiro atoms. The van der Waals surface area contributed by atoms with Crippen molar-refractivity contribution in [2.75, 3.05) is 66.6 Å². The van der Waals surface area contributed by atoms with Crippen LogP contribution in [0.1, 0.15) is 39.0 Å². The van der Waals surface area contributed by atoms with Gasteiger partial charge in [-0.1, -0.05) is 0 Å². The number of hydrogen-bond acceptors (Lipinski definition) is 2. The normalized spacial score (nSPS) is 38.7. The van der Waals surface area contributed by atoms with E-state index >= 15 is 0 Å². The molecule has 0 N–H and O–H groups in total. The number of ether oxygens (including phenoxy) is 2. The Kier molecular flexibility index (Phi) is 5.67. The summed E-state index contributed by atoms with van der Waals surface area (Å²) in [5, 5.41) is 0. The van der Waals surface area contributed by atoms with Gasteiger partial charge >= 0.3 is 0 Å². The number of rotatable bonds is 5. The van der Waals surface area contributed by atoms with E-state index in [0.717, 1.165) is 55.9 Å². The van der Waals surface area contributed by atoms with Crippen molar-refractivity contribution in [3.63, 3.8) is 0 Å². The largest absolute Gasteiger partial charge is 0.372 e. The molecule has 4 nitrogen and oxygen atoms in total. The van der Waals surface area contributed by atoms with Gasteiger partial charge in [0.1, 0.15) is 25.7 Å². The van der Waals surface area contributed by atoms with E-state index in [2.05, 4.69) is 21.0 Å². The van der Waals surface area contributed by atoms with E-state index in [-0.39, 0.29) is 0 Å². The molecule has 1 unspecified atom stereocenters. The van der Waals surface area contributed by atoms with Gasteiger partial charge in [-0.05, 0) is 32.6 Å². The molecule has 0 aliphatic carbocycles. The third-order valence-corrected chi connectivity index (χ3v) is 6.85. The number of hydrogen-bond donors (Lipinski definition) is 0. The minimum atomic E-state index is 0.363. The first kappa shape index (κ1) is 17.7. The lowest BCUT2D eigenvalue weighted by atomic mass is 9.82. The van der Waals surface area contributed by atoms with E-state index in [1.807, 2.05) is 0 Å². The lowest BCUT2D eigenvalue weighted by molar-refractivity contribution is -0.947. The van der Waals surface area contributed by atoms with Crippen LogP contribution in [0.3, 0.4) is 0 Å². The summed E-state index contributed by atoms with van der Waals surface area (Å²) in [6, 6.07) is 0.859. The lowest BCUT2D eigenvalue weighted by Gasteiger charge is -2.51. The quantitative estimate of drug-likeness (QED) is 0.722. The molecule has 0 saturated carbocycles. The van der Waals surface area contributed by atoms with Crippen LogP contribution in [0.25, 0.3) is 0 Å². The van der Waals surface area contributed by atoms with Gasteiger partial charge in [0.2, 0.25) is 0 Å². The van der Waals surface area contributed by atoms with Crippen LogP contribution in [0.2, 0.25) is 0 Å². The number of likely N-dealkylation sites (N-methyl/N-ethyl adjacent to an activating group) is 1. The Hall–Kier alpha value is -0.160. The van der Waals surface area contributed by atoms with Gasteiger partial charge in [-0.2, -0.15) is 0 Å². The fraction of sp³-hybridized carbons (Fsp3) is 1.00. The number of fused-ring (bicyclic) bond motifs is 1. The van der Waals surface area contributed by atoms with Crippen LogP contribution in [0.5, 0.6) is 0 Å². The molecule has 3 aliphatic rings. The molecule has 0 aromatic rings. The van der Waals surface area contributed by atoms with Gasteiger partial charge in [0.05, 0.1) is 53.0 Å². The maximum Gasteiger partial charge on any atom is 0.105 e. The second kappa shape index (κ2) is 7.38. The summed E-state index contributed by atoms with van der Waals surface area (Å²) < 4.78 is 14.3. The molecule has 3 saturated heterocycles. The molecule has 134 valence electrons. The first-order valence-corrected chi connectivity index (χ1v) is 9.88. The Morgan fingerprint density at radius 1 is 1.00 bits per heavy atom. The summed E-state index contributed by atoms with van der Waals surface area (Å²) in [4.78, 5) is 0. The highest BCUT2D eigenvalue weighted by Crippen LogP contribution is 2.36. The van der Waals surface area contributed by atoms with Crippen molar-refractivity contribution >= 4 is 0 Å². The highest BCUT2D eigenvalue weighted by Gasteiger charge is 2.43. The minimum Gasteiger partial charge on any atom is -0.372 e. The van der Waals surface area contributed by atoms with Gasteiger partial charge in [0.25, 0.3) is 0 Å². The van der Waals surface area contributed by atoms with E-state index in [1.54, 1.807) is 0 Å². The van der Waals surface area contributed by atoms with Crippen molar-refractivity contribution in [2.24, 2.45) is 5.92 Å². The molecule has 3 heterocycles. The van der Waals surface area contributed by atoms with E-state index in [1.165, 1.54) is 49.7 Å². The minimum absolute atomic E-state index is 0.363. The zero-order valence-electron chi connectivity index (χ0n) is 15.6. The zero-order valence-corrected chi connectivity index (χ0v) is 15.6. The fourth-order valence-corrected chi connectivity index (χ4v) is 5.36. The van der Waals surface area contributed by atoms with Gasteiger partial charge in [-0.15, -0.1) is 0 Å². The molecule has 0 amide bonds. The Balaban J connectivity index is 1.49. The fourth-order valence-electron chi connectivity index (χ4n) is 5.36. The Bertz CT molecular complexity index is 380. The Morgan fingerprint density at radius 2 is 1.74 bits per heavy atom. The molecule has 0 bridgehead atoms. The molecule has 0 radical (unpaired) electrons. The van der Waals surface area contributed by atoms with Gasteiger partial charge in [0, 0.05) is 12.3 Å². The molecular weight excluding hydrogens is 288 g/mol. The van der Waals surface area contributed by atoms with Crippen LogP contribution in [-0.2, 0) is 9.47 Å². The van der Waals surface area contributed by atoms with Gasteiger partial charge in [0.15, 0.2) is 0 Å². The van der Waals surface area contributed by atoms with Crippen molar-refractivity contribution in [1.82, 2.24) is 0 Å². The number of piperidine rings is 2. The van der Waals surface area contributed by atoms with Crippen molar-refractivity contribution in [1.29, 1.82) is 0 Å². The van der Waals surface area contributed by atoms with Crippen LogP contribution >= 0.6 is 0 Å². The lowest BCUT2D eigenvalue weighted by Crippen LogP contribution is -2.61. The van der Waals surface area contributed by atoms with E-state index < -0.39 is 0 Å². The third-order valence-electron chi connectivity index (χ3n) is 6.85. The molecule has 4 heteroatoms. The monoisotopic (exact) mass is 326 g/mol. The second-order valence-corrected chi connectivity index (χ2v) is 8.90. The van der Waals surface area contributed by atoms with Crippen molar-refractivity contribution in [3.05, 3.63) is 0 Å². The van der Waals surface area contributed by atoms with Crippen LogP contribution in [-0.4, -0.2) is 87.8 Å². The van der Waals surface area contributed by atoms with E-state index in [4.69, 9.17) is 9.47 Å². The average Bonchev–Trinajstić information content (AvgIpc) is 2.52. The Morgan fingerprint density at radius 3 is 2.52 bits per heavy atom. The summed E-state index contributed by atoms with van der Waals surface area (Å²) in [5.74, 6) is 0.784. The topological polar surface area (TPSA) is 18.5 Å². The van der Waals surface area contributed by atoms with E-state index in [9.17, 15) is 0 Å². The van der Waals surface area contributed by atoms with Crippen LogP contribution in [0, 0.1) is 5.92 Å². The molecule has 0 aromatic heterocycles. The van der Waals surface area contributed by atoms with Crippen molar-refractivity contribution < 1.29 is 18.4 Å². The summed E-state index contributed by atoms with van der Waals surface area (Å²) in [7, 11) is 4.86. The highest BCUT2D eigenvalue weighted by molar-refractivity contribution is 4.79. The maximum atomic E-state index is 6.38. The Labute approximate surface area is 142 Å². The highest BCUT2D eigenvalue weighted by atomic mass is 16.5. The standard InChI is InChI=1S/C19H38N2O2/c1-17(15-20(2)11-13-22-14-12-20)23-16-18-7-6-10-21(3)9-5-4-8-19(18)21/h17-19H,4-16H2,1-3H3/q+2/t17-,18-,19-,21?/m0/s1. The molecule has 4 atom stereocenters. The van der Waals surface area contributed by atoms with Gasteiger partial charge in [-0.25, -0.2) is 0 Å². The average molecular weight is 327 g/mol. The smallest absolute Gasteiger partial charge is 0.105 e.